The molecule has 0 unspecified atom stereocenters. The third-order valence-corrected chi connectivity index (χ3v) is 3.27. The van der Waals surface area contributed by atoms with Crippen LogP contribution in [0.4, 0.5) is 5.13 Å². The molecule has 0 saturated heterocycles. The lowest BCUT2D eigenvalue weighted by Gasteiger charge is -2.13. The lowest BCUT2D eigenvalue weighted by Crippen LogP contribution is -2.39. The van der Waals surface area contributed by atoms with Crippen molar-refractivity contribution in [3.8, 4) is 0 Å². The van der Waals surface area contributed by atoms with Crippen LogP contribution in [0.3, 0.4) is 0 Å². The Labute approximate surface area is 93.9 Å². The van der Waals surface area contributed by atoms with Crippen molar-refractivity contribution < 1.29 is 4.79 Å². The van der Waals surface area contributed by atoms with Gasteiger partial charge in [-0.05, 0) is 19.8 Å². The number of aryl methyl sites for hydroxylation is 2. The summed E-state index contributed by atoms with van der Waals surface area (Å²) in [6.45, 7) is 7.74. The molecule has 4 nitrogen and oxygen atoms in total. The second-order valence-electron chi connectivity index (χ2n) is 3.92. The van der Waals surface area contributed by atoms with E-state index in [0.717, 1.165) is 10.6 Å². The zero-order valence-electron chi connectivity index (χ0n) is 9.50. The largest absolute Gasteiger partial charge is 0.320 e. The topological polar surface area (TPSA) is 68.0 Å². The molecular formula is C10H17N3OS. The Hall–Kier alpha value is -0.940. The number of carbonyl (C=O) groups excluding carboxylic acids is 1. The Kier molecular flexibility index (Phi) is 3.82. The molecule has 0 radical (unpaired) electrons. The highest BCUT2D eigenvalue weighted by atomic mass is 32.1. The Bertz CT molecular complexity index is 340. The van der Waals surface area contributed by atoms with Crippen LogP contribution in [0.25, 0.3) is 0 Å². The van der Waals surface area contributed by atoms with Crippen LogP contribution in [-0.2, 0) is 4.79 Å². The third-order valence-electron chi connectivity index (χ3n) is 2.28. The molecule has 1 amide bonds. The van der Waals surface area contributed by atoms with Crippen molar-refractivity contribution >= 4 is 22.4 Å². The first-order chi connectivity index (χ1) is 6.91. The molecule has 0 aromatic carbocycles. The molecule has 0 aliphatic carbocycles. The molecule has 0 fully saturated rings. The molecule has 0 saturated carbocycles. The number of hydrogen-bond donors (Lipinski definition) is 2. The molecule has 0 spiro atoms. The highest BCUT2D eigenvalue weighted by molar-refractivity contribution is 7.15. The van der Waals surface area contributed by atoms with Crippen LogP contribution in [0.2, 0.25) is 0 Å². The molecule has 0 aliphatic rings. The number of nitrogens with one attached hydrogen (secondary N) is 1. The van der Waals surface area contributed by atoms with Gasteiger partial charge in [-0.25, -0.2) is 4.98 Å². The predicted octanol–water partition coefficient (Wildman–Crippen LogP) is 1.68. The summed E-state index contributed by atoms with van der Waals surface area (Å²) in [5.41, 5.74) is 6.67. The first-order valence-corrected chi connectivity index (χ1v) is 5.74. The number of thiazole rings is 1. The summed E-state index contributed by atoms with van der Waals surface area (Å²) in [6, 6.07) is -0.477. The van der Waals surface area contributed by atoms with Gasteiger partial charge in [-0.1, -0.05) is 13.8 Å². The van der Waals surface area contributed by atoms with Gasteiger partial charge in [-0.3, -0.25) is 4.79 Å². The standard InChI is InChI=1S/C10H17N3OS/c1-5(2)8(11)9(14)13-10-12-6(3)7(4)15-10/h5,8H,11H2,1-4H3,(H,12,13,14)/t8-/m1/s1. The number of carbonyl (C=O) groups is 1. The number of nitrogens with two attached hydrogens (primary N) is 1. The van der Waals surface area contributed by atoms with E-state index in [1.165, 1.54) is 11.3 Å². The van der Waals surface area contributed by atoms with E-state index in [1.54, 1.807) is 0 Å². The van der Waals surface area contributed by atoms with E-state index in [2.05, 4.69) is 10.3 Å². The number of aromatic nitrogens is 1. The number of nitrogens with zero attached hydrogens (tertiary/aromatic N) is 1. The number of amides is 1. The number of anilines is 1. The van der Waals surface area contributed by atoms with E-state index >= 15 is 0 Å². The van der Waals surface area contributed by atoms with Crippen LogP contribution in [0.5, 0.6) is 0 Å². The molecule has 15 heavy (non-hydrogen) atoms. The van der Waals surface area contributed by atoms with Gasteiger partial charge in [0.1, 0.15) is 0 Å². The Morgan fingerprint density at radius 2 is 2.07 bits per heavy atom. The number of rotatable bonds is 3. The van der Waals surface area contributed by atoms with Crippen molar-refractivity contribution in [1.29, 1.82) is 0 Å². The second kappa shape index (κ2) is 4.72. The molecular weight excluding hydrogens is 210 g/mol. The van der Waals surface area contributed by atoms with Gasteiger partial charge in [-0.2, -0.15) is 0 Å². The summed E-state index contributed by atoms with van der Waals surface area (Å²) in [5.74, 6) is -0.0362. The maximum atomic E-state index is 11.6. The molecule has 1 aromatic rings. The van der Waals surface area contributed by atoms with Crippen molar-refractivity contribution in [3.05, 3.63) is 10.6 Å². The fraction of sp³-hybridized carbons (Fsp3) is 0.600. The summed E-state index contributed by atoms with van der Waals surface area (Å²) in [5, 5.41) is 3.36. The summed E-state index contributed by atoms with van der Waals surface area (Å²) in [4.78, 5) is 16.9. The van der Waals surface area contributed by atoms with Crippen LogP contribution in [0, 0.1) is 19.8 Å². The predicted molar refractivity (Wildman–Crippen MR) is 63.0 cm³/mol. The van der Waals surface area contributed by atoms with Crippen molar-refractivity contribution in [3.63, 3.8) is 0 Å². The minimum atomic E-state index is -0.477. The number of hydrogen-bond acceptors (Lipinski definition) is 4. The first kappa shape index (κ1) is 12.1. The zero-order chi connectivity index (χ0) is 11.6. The molecule has 84 valence electrons. The van der Waals surface area contributed by atoms with E-state index in [9.17, 15) is 4.79 Å². The normalized spacial score (nSPS) is 12.9. The highest BCUT2D eigenvalue weighted by Crippen LogP contribution is 2.21. The van der Waals surface area contributed by atoms with E-state index in [1.807, 2.05) is 27.7 Å². The lowest BCUT2D eigenvalue weighted by atomic mass is 10.1. The molecule has 1 rings (SSSR count). The van der Waals surface area contributed by atoms with E-state index in [0.29, 0.717) is 5.13 Å². The highest BCUT2D eigenvalue weighted by Gasteiger charge is 2.18. The van der Waals surface area contributed by atoms with Crippen LogP contribution < -0.4 is 11.1 Å². The lowest BCUT2D eigenvalue weighted by molar-refractivity contribution is -0.118. The smallest absolute Gasteiger partial charge is 0.243 e. The summed E-state index contributed by atoms with van der Waals surface area (Å²) >= 11 is 1.47. The van der Waals surface area contributed by atoms with Crippen LogP contribution >= 0.6 is 11.3 Å². The van der Waals surface area contributed by atoms with Gasteiger partial charge in [0, 0.05) is 4.88 Å². The minimum absolute atomic E-state index is 0.132. The fourth-order valence-electron chi connectivity index (χ4n) is 1.02. The fourth-order valence-corrected chi connectivity index (χ4v) is 1.84. The summed E-state index contributed by atoms with van der Waals surface area (Å²) in [6.07, 6.45) is 0. The van der Waals surface area contributed by atoms with Crippen LogP contribution in [0.15, 0.2) is 0 Å². The average Bonchev–Trinajstić information content (AvgIpc) is 2.44. The van der Waals surface area contributed by atoms with E-state index in [4.69, 9.17) is 5.73 Å². The van der Waals surface area contributed by atoms with Gasteiger partial charge in [0.25, 0.3) is 0 Å². The van der Waals surface area contributed by atoms with Gasteiger partial charge >= 0.3 is 0 Å². The van der Waals surface area contributed by atoms with Gasteiger partial charge in [0.2, 0.25) is 5.91 Å². The van der Waals surface area contributed by atoms with Crippen LogP contribution in [-0.4, -0.2) is 16.9 Å². The van der Waals surface area contributed by atoms with Crippen molar-refractivity contribution in [2.75, 3.05) is 5.32 Å². The molecule has 1 heterocycles. The van der Waals surface area contributed by atoms with Gasteiger partial charge < -0.3 is 11.1 Å². The van der Waals surface area contributed by atoms with Gasteiger partial charge in [0.05, 0.1) is 11.7 Å². The van der Waals surface area contributed by atoms with Crippen molar-refractivity contribution in [2.45, 2.75) is 33.7 Å². The van der Waals surface area contributed by atoms with Gasteiger partial charge in [0.15, 0.2) is 5.13 Å². The Balaban J connectivity index is 2.66. The molecule has 1 aromatic heterocycles. The molecule has 3 N–H and O–H groups in total. The Morgan fingerprint density at radius 1 is 1.47 bits per heavy atom. The molecule has 0 aliphatic heterocycles. The monoisotopic (exact) mass is 227 g/mol. The molecule has 5 heteroatoms. The minimum Gasteiger partial charge on any atom is -0.320 e. The third kappa shape index (κ3) is 3.00. The van der Waals surface area contributed by atoms with Crippen LogP contribution in [0.1, 0.15) is 24.4 Å². The van der Waals surface area contributed by atoms with E-state index in [-0.39, 0.29) is 11.8 Å². The first-order valence-electron chi connectivity index (χ1n) is 4.92. The van der Waals surface area contributed by atoms with Crippen molar-refractivity contribution in [1.82, 2.24) is 4.98 Å². The second-order valence-corrected chi connectivity index (χ2v) is 5.12. The van der Waals surface area contributed by atoms with Gasteiger partial charge in [-0.15, -0.1) is 11.3 Å². The molecule has 0 bridgehead atoms. The zero-order valence-corrected chi connectivity index (χ0v) is 10.3. The molecule has 1 atom stereocenters. The Morgan fingerprint density at radius 3 is 2.47 bits per heavy atom. The summed E-state index contributed by atoms with van der Waals surface area (Å²) in [7, 11) is 0. The summed E-state index contributed by atoms with van der Waals surface area (Å²) < 4.78 is 0. The average molecular weight is 227 g/mol. The van der Waals surface area contributed by atoms with E-state index < -0.39 is 6.04 Å². The maximum Gasteiger partial charge on any atom is 0.243 e. The van der Waals surface area contributed by atoms with Crippen molar-refractivity contribution in [2.24, 2.45) is 11.7 Å². The quantitative estimate of drug-likeness (QED) is 0.825. The SMILES string of the molecule is Cc1nc(NC(=O)[C@H](N)C(C)C)sc1C. The maximum absolute atomic E-state index is 11.6.